The molecule has 36 heavy (non-hydrogen) atoms. The molecule has 0 aliphatic carbocycles. The molecule has 0 spiro atoms. The van der Waals surface area contributed by atoms with E-state index in [0.29, 0.717) is 40.6 Å². The highest BCUT2D eigenvalue weighted by Crippen LogP contribution is 2.27. The molecule has 2 aromatic carbocycles. The van der Waals surface area contributed by atoms with Crippen LogP contribution in [0.15, 0.2) is 75.9 Å². The highest BCUT2D eigenvalue weighted by atomic mass is 79.9. The third-order valence-electron chi connectivity index (χ3n) is 5.31. The Bertz CT molecular complexity index is 1350. The Kier molecular flexibility index (Phi) is 8.06. The summed E-state index contributed by atoms with van der Waals surface area (Å²) in [6.07, 6.45) is 3.16. The zero-order chi connectivity index (χ0) is 25.5. The summed E-state index contributed by atoms with van der Waals surface area (Å²) in [7, 11) is 1.56. The van der Waals surface area contributed by atoms with Gasteiger partial charge in [-0.1, -0.05) is 12.1 Å². The first-order valence-electron chi connectivity index (χ1n) is 11.2. The van der Waals surface area contributed by atoms with E-state index in [2.05, 4.69) is 31.7 Å². The minimum absolute atomic E-state index is 0.114. The predicted molar refractivity (Wildman–Crippen MR) is 137 cm³/mol. The Hall–Kier alpha value is -4.05. The Morgan fingerprint density at radius 3 is 2.64 bits per heavy atom. The van der Waals surface area contributed by atoms with Crippen LogP contribution < -0.4 is 20.1 Å². The number of furan rings is 1. The summed E-state index contributed by atoms with van der Waals surface area (Å²) in [6.45, 7) is 2.83. The molecule has 4 aromatic rings. The molecule has 0 bridgehead atoms. The molecule has 2 aromatic heterocycles. The number of carbonyl (C=O) groups excluding carboxylic acids is 2. The van der Waals surface area contributed by atoms with Crippen LogP contribution in [-0.4, -0.2) is 28.7 Å². The third kappa shape index (κ3) is 5.95. The van der Waals surface area contributed by atoms with E-state index in [9.17, 15) is 9.59 Å². The molecule has 0 saturated heterocycles. The van der Waals surface area contributed by atoms with Crippen molar-refractivity contribution in [3.05, 3.63) is 94.1 Å². The maximum Gasteiger partial charge on any atom is 0.274 e. The lowest BCUT2D eigenvalue weighted by atomic mass is 10.1. The van der Waals surface area contributed by atoms with E-state index < -0.39 is 11.8 Å². The second kappa shape index (κ2) is 11.6. The van der Waals surface area contributed by atoms with Crippen LogP contribution in [0.2, 0.25) is 0 Å². The largest absolute Gasteiger partial charge is 0.496 e. The molecule has 0 saturated carbocycles. The monoisotopic (exact) mass is 552 g/mol. The summed E-state index contributed by atoms with van der Waals surface area (Å²) in [4.78, 5) is 25.9. The van der Waals surface area contributed by atoms with Crippen LogP contribution in [0.1, 0.15) is 39.1 Å². The van der Waals surface area contributed by atoms with Crippen molar-refractivity contribution in [2.75, 3.05) is 12.4 Å². The predicted octanol–water partition coefficient (Wildman–Crippen LogP) is 5.03. The Labute approximate surface area is 216 Å². The van der Waals surface area contributed by atoms with Crippen LogP contribution in [0.3, 0.4) is 0 Å². The number of rotatable bonds is 10. The number of benzene rings is 2. The van der Waals surface area contributed by atoms with E-state index in [1.165, 1.54) is 6.26 Å². The first kappa shape index (κ1) is 25.1. The third-order valence-corrected chi connectivity index (χ3v) is 5.97. The average molecular weight is 553 g/mol. The molecule has 4 rings (SSSR count). The molecule has 9 nitrogen and oxygen atoms in total. The number of para-hydroxylation sites is 1. The average Bonchev–Trinajstić information content (AvgIpc) is 3.56. The SMILES string of the molecule is CCn1cc(NC(=O)c2ccc(OC)c(COc3ccccc3Br)c2)c(C(=O)NCc2ccco2)n1. The van der Waals surface area contributed by atoms with Gasteiger partial charge in [0.15, 0.2) is 5.69 Å². The first-order chi connectivity index (χ1) is 17.5. The highest BCUT2D eigenvalue weighted by Gasteiger charge is 2.20. The van der Waals surface area contributed by atoms with E-state index in [1.54, 1.807) is 48.3 Å². The van der Waals surface area contributed by atoms with Crippen molar-refractivity contribution in [1.82, 2.24) is 15.1 Å². The van der Waals surface area contributed by atoms with Crippen LogP contribution in [0.25, 0.3) is 0 Å². The second-order valence-electron chi connectivity index (χ2n) is 7.71. The van der Waals surface area contributed by atoms with Gasteiger partial charge >= 0.3 is 0 Å². The van der Waals surface area contributed by atoms with Crippen molar-refractivity contribution in [3.8, 4) is 11.5 Å². The zero-order valence-electron chi connectivity index (χ0n) is 19.8. The molecule has 2 heterocycles. The zero-order valence-corrected chi connectivity index (χ0v) is 21.4. The number of hydrogen-bond acceptors (Lipinski definition) is 6. The van der Waals surface area contributed by atoms with Gasteiger partial charge < -0.3 is 24.5 Å². The number of nitrogens with zero attached hydrogens (tertiary/aromatic N) is 2. The summed E-state index contributed by atoms with van der Waals surface area (Å²) in [6, 6.07) is 16.1. The Morgan fingerprint density at radius 2 is 1.92 bits per heavy atom. The van der Waals surface area contributed by atoms with Gasteiger partial charge in [-0.3, -0.25) is 14.3 Å². The number of ether oxygens (including phenoxy) is 2. The maximum atomic E-state index is 13.1. The number of anilines is 1. The van der Waals surface area contributed by atoms with Crippen molar-refractivity contribution in [3.63, 3.8) is 0 Å². The molecule has 0 aliphatic rings. The lowest BCUT2D eigenvalue weighted by Crippen LogP contribution is -2.25. The number of methoxy groups -OCH3 is 1. The maximum absolute atomic E-state index is 13.1. The molecule has 0 radical (unpaired) electrons. The highest BCUT2D eigenvalue weighted by molar-refractivity contribution is 9.10. The lowest BCUT2D eigenvalue weighted by molar-refractivity contribution is 0.0943. The molecule has 2 N–H and O–H groups in total. The van der Waals surface area contributed by atoms with Crippen LogP contribution in [0, 0.1) is 0 Å². The van der Waals surface area contributed by atoms with Gasteiger partial charge in [0.2, 0.25) is 0 Å². The quantitative estimate of drug-likeness (QED) is 0.285. The fraction of sp³-hybridized carbons (Fsp3) is 0.192. The van der Waals surface area contributed by atoms with E-state index in [4.69, 9.17) is 13.9 Å². The van der Waals surface area contributed by atoms with Crippen LogP contribution in [-0.2, 0) is 19.7 Å². The summed E-state index contributed by atoms with van der Waals surface area (Å²) in [5.41, 5.74) is 1.50. The van der Waals surface area contributed by atoms with Crippen LogP contribution in [0.4, 0.5) is 5.69 Å². The molecule has 0 fully saturated rings. The summed E-state index contributed by atoms with van der Waals surface area (Å²) < 4.78 is 19.0. The Balaban J connectivity index is 1.50. The summed E-state index contributed by atoms with van der Waals surface area (Å²) in [5.74, 6) is 1.06. The van der Waals surface area contributed by atoms with E-state index in [1.807, 2.05) is 31.2 Å². The molecule has 186 valence electrons. The van der Waals surface area contributed by atoms with E-state index in [-0.39, 0.29) is 18.8 Å². The van der Waals surface area contributed by atoms with Gasteiger partial charge in [-0.15, -0.1) is 0 Å². The van der Waals surface area contributed by atoms with Gasteiger partial charge in [-0.25, -0.2) is 0 Å². The molecule has 10 heteroatoms. The fourth-order valence-electron chi connectivity index (χ4n) is 3.45. The first-order valence-corrected chi connectivity index (χ1v) is 12.0. The molecule has 2 amide bonds. The van der Waals surface area contributed by atoms with Crippen molar-refractivity contribution in [2.45, 2.75) is 26.6 Å². The number of aryl methyl sites for hydroxylation is 1. The number of carbonyl (C=O) groups is 2. The van der Waals surface area contributed by atoms with Crippen LogP contribution >= 0.6 is 15.9 Å². The minimum atomic E-state index is -0.425. The molecular weight excluding hydrogens is 528 g/mol. The van der Waals surface area contributed by atoms with Gasteiger partial charge in [0, 0.05) is 23.9 Å². The van der Waals surface area contributed by atoms with Gasteiger partial charge in [0.1, 0.15) is 23.9 Å². The van der Waals surface area contributed by atoms with Crippen molar-refractivity contribution < 1.29 is 23.5 Å². The lowest BCUT2D eigenvalue weighted by Gasteiger charge is -2.13. The topological polar surface area (TPSA) is 108 Å². The minimum Gasteiger partial charge on any atom is -0.496 e. The van der Waals surface area contributed by atoms with Gasteiger partial charge in [0.25, 0.3) is 11.8 Å². The number of aromatic nitrogens is 2. The second-order valence-corrected chi connectivity index (χ2v) is 8.56. The fourth-order valence-corrected chi connectivity index (χ4v) is 3.85. The van der Waals surface area contributed by atoms with Crippen molar-refractivity contribution >= 4 is 33.4 Å². The van der Waals surface area contributed by atoms with E-state index >= 15 is 0 Å². The standard InChI is InChI=1S/C26H25BrN4O5/c1-3-31-15-21(24(30-31)26(33)28-14-19-7-6-12-35-19)29-25(32)17-10-11-22(34-2)18(13-17)16-36-23-9-5-4-8-20(23)27/h4-13,15H,3,14,16H2,1-2H3,(H,28,33)(H,29,32). The van der Waals surface area contributed by atoms with Crippen molar-refractivity contribution in [1.29, 1.82) is 0 Å². The number of halogens is 1. The molecule has 0 aliphatic heterocycles. The molecule has 0 unspecified atom stereocenters. The van der Waals surface area contributed by atoms with Gasteiger partial charge in [-0.2, -0.15) is 5.10 Å². The van der Waals surface area contributed by atoms with Crippen LogP contribution in [0.5, 0.6) is 11.5 Å². The van der Waals surface area contributed by atoms with Gasteiger partial charge in [0.05, 0.1) is 30.1 Å². The van der Waals surface area contributed by atoms with Gasteiger partial charge in [-0.05, 0) is 65.3 Å². The summed E-state index contributed by atoms with van der Waals surface area (Å²) >= 11 is 3.46. The van der Waals surface area contributed by atoms with Crippen molar-refractivity contribution in [2.24, 2.45) is 0 Å². The van der Waals surface area contributed by atoms with E-state index in [0.717, 1.165) is 4.47 Å². The number of amides is 2. The summed E-state index contributed by atoms with van der Waals surface area (Å²) in [5, 5.41) is 9.87. The molecule has 0 atom stereocenters. The number of hydrogen-bond donors (Lipinski definition) is 2. The normalized spacial score (nSPS) is 10.6. The number of nitrogens with one attached hydrogen (secondary N) is 2. The Morgan fingerprint density at radius 1 is 1.08 bits per heavy atom. The molecular formula is C26H25BrN4O5. The smallest absolute Gasteiger partial charge is 0.274 e.